The molecule has 0 atom stereocenters. The molecule has 2 fully saturated rings. The minimum Gasteiger partial charge on any atom is -0.496 e. The van der Waals surface area contributed by atoms with Gasteiger partial charge in [0.15, 0.2) is 0 Å². The van der Waals surface area contributed by atoms with Crippen LogP contribution in [-0.2, 0) is 9.59 Å². The number of nitrogens with zero attached hydrogens (tertiary/aromatic N) is 2. The first-order valence-corrected chi connectivity index (χ1v) is 11.0. The number of thioether (sulfide) groups is 1. The minimum absolute atomic E-state index is 0.157. The van der Waals surface area contributed by atoms with Crippen LogP contribution in [-0.4, -0.2) is 53.6 Å². The Morgan fingerprint density at radius 1 is 1.03 bits per heavy atom. The number of hydrogen-bond donors (Lipinski definition) is 0. The van der Waals surface area contributed by atoms with Crippen molar-refractivity contribution in [1.29, 1.82) is 0 Å². The molecule has 2 heterocycles. The van der Waals surface area contributed by atoms with Crippen molar-refractivity contribution in [1.82, 2.24) is 9.80 Å². The zero-order valence-corrected chi connectivity index (χ0v) is 17.7. The monoisotopic (exact) mass is 424 g/mol. The van der Waals surface area contributed by atoms with Crippen molar-refractivity contribution in [3.63, 3.8) is 0 Å². The molecule has 0 bridgehead atoms. The van der Waals surface area contributed by atoms with E-state index in [1.807, 2.05) is 36.4 Å². The summed E-state index contributed by atoms with van der Waals surface area (Å²) in [7, 11) is 1.62. The number of hydrogen-bond acceptors (Lipinski definition) is 5. The van der Waals surface area contributed by atoms with E-state index in [9.17, 15) is 14.4 Å². The van der Waals surface area contributed by atoms with E-state index in [2.05, 4.69) is 0 Å². The van der Waals surface area contributed by atoms with E-state index in [1.165, 1.54) is 0 Å². The summed E-state index contributed by atoms with van der Waals surface area (Å²) in [6.07, 6.45) is 5.90. The van der Waals surface area contributed by atoms with E-state index >= 15 is 0 Å². The molecule has 30 heavy (non-hydrogen) atoms. The van der Waals surface area contributed by atoms with Crippen LogP contribution < -0.4 is 4.74 Å². The number of carbonyl (C=O) groups excluding carboxylic acids is 3. The molecule has 0 N–H and O–H groups in total. The van der Waals surface area contributed by atoms with Gasteiger partial charge in [-0.15, -0.1) is 0 Å². The lowest BCUT2D eigenvalue weighted by Gasteiger charge is -2.22. The van der Waals surface area contributed by atoms with Crippen LogP contribution in [0.2, 0.25) is 0 Å². The Kier molecular flexibility index (Phi) is 6.08. The first-order valence-electron chi connectivity index (χ1n) is 10.2. The number of fused-ring (bicyclic) bond motifs is 1. The predicted molar refractivity (Wildman–Crippen MR) is 118 cm³/mol. The van der Waals surface area contributed by atoms with Gasteiger partial charge in [-0.2, -0.15) is 0 Å². The SMILES string of the molecule is COc1ccc(C=C2SC(=O)N(CC(=O)N3CCCCCC3)C2=O)c2ccccc12. The van der Waals surface area contributed by atoms with Gasteiger partial charge in [0, 0.05) is 18.5 Å². The molecule has 0 aromatic heterocycles. The van der Waals surface area contributed by atoms with Gasteiger partial charge in [-0.25, -0.2) is 0 Å². The average Bonchev–Trinajstić information content (AvgIpc) is 2.96. The normalized spacial score (nSPS) is 18.9. The quantitative estimate of drug-likeness (QED) is 0.685. The van der Waals surface area contributed by atoms with E-state index in [0.717, 1.165) is 64.4 Å². The number of methoxy groups -OCH3 is 1. The number of ether oxygens (including phenoxy) is 1. The van der Waals surface area contributed by atoms with Gasteiger partial charge in [0.25, 0.3) is 11.1 Å². The van der Waals surface area contributed by atoms with Gasteiger partial charge in [-0.3, -0.25) is 19.3 Å². The topological polar surface area (TPSA) is 66.9 Å². The fourth-order valence-corrected chi connectivity index (χ4v) is 4.76. The Bertz CT molecular complexity index is 1030. The lowest BCUT2D eigenvalue weighted by atomic mass is 10.0. The highest BCUT2D eigenvalue weighted by molar-refractivity contribution is 8.18. The fraction of sp³-hybridized carbons (Fsp3) is 0.348. The third-order valence-corrected chi connectivity index (χ3v) is 6.46. The van der Waals surface area contributed by atoms with Gasteiger partial charge >= 0.3 is 0 Å². The van der Waals surface area contributed by atoms with Crippen LogP contribution in [0.3, 0.4) is 0 Å². The smallest absolute Gasteiger partial charge is 0.294 e. The highest BCUT2D eigenvalue weighted by Crippen LogP contribution is 2.35. The molecule has 7 heteroatoms. The highest BCUT2D eigenvalue weighted by atomic mass is 32.2. The third kappa shape index (κ3) is 4.07. The van der Waals surface area contributed by atoms with Crippen LogP contribution in [0, 0.1) is 0 Å². The Hall–Kier alpha value is -2.80. The van der Waals surface area contributed by atoms with Crippen LogP contribution in [0.15, 0.2) is 41.3 Å². The lowest BCUT2D eigenvalue weighted by Crippen LogP contribution is -2.42. The van der Waals surface area contributed by atoms with Crippen LogP contribution in [0.25, 0.3) is 16.8 Å². The molecule has 0 saturated carbocycles. The van der Waals surface area contributed by atoms with Crippen molar-refractivity contribution in [3.8, 4) is 5.75 Å². The van der Waals surface area contributed by atoms with E-state index in [-0.39, 0.29) is 12.5 Å². The first-order chi connectivity index (χ1) is 14.6. The standard InChI is InChI=1S/C23H24N2O4S/c1-29-19-11-10-16(17-8-4-5-9-18(17)19)14-20-22(27)25(23(28)30-20)15-21(26)24-12-6-2-3-7-13-24/h4-5,8-11,14H,2-3,6-7,12-13,15H2,1H3. The molecule has 0 aliphatic carbocycles. The summed E-state index contributed by atoms with van der Waals surface area (Å²) in [5.74, 6) is 0.183. The van der Waals surface area contributed by atoms with Gasteiger partial charge in [0.05, 0.1) is 12.0 Å². The van der Waals surface area contributed by atoms with Crippen molar-refractivity contribution >= 4 is 45.7 Å². The molecule has 0 spiro atoms. The predicted octanol–water partition coefficient (Wildman–Crippen LogP) is 4.29. The summed E-state index contributed by atoms with van der Waals surface area (Å²) in [5, 5.41) is 1.47. The maximum atomic E-state index is 12.9. The Morgan fingerprint density at radius 2 is 1.73 bits per heavy atom. The Morgan fingerprint density at radius 3 is 2.43 bits per heavy atom. The summed E-state index contributed by atoms with van der Waals surface area (Å²) < 4.78 is 5.42. The molecule has 2 aromatic rings. The second-order valence-corrected chi connectivity index (χ2v) is 8.46. The zero-order chi connectivity index (χ0) is 21.1. The second-order valence-electron chi connectivity index (χ2n) is 7.47. The largest absolute Gasteiger partial charge is 0.496 e. The van der Waals surface area contributed by atoms with Crippen molar-refractivity contribution < 1.29 is 19.1 Å². The van der Waals surface area contributed by atoms with Crippen LogP contribution in [0.1, 0.15) is 31.2 Å². The van der Waals surface area contributed by atoms with Crippen LogP contribution in [0.5, 0.6) is 5.75 Å². The van der Waals surface area contributed by atoms with E-state index in [1.54, 1.807) is 18.1 Å². The van der Waals surface area contributed by atoms with Gasteiger partial charge in [0.2, 0.25) is 5.91 Å². The Balaban J connectivity index is 1.56. The van der Waals surface area contributed by atoms with Crippen LogP contribution >= 0.6 is 11.8 Å². The number of benzene rings is 2. The summed E-state index contributed by atoms with van der Waals surface area (Å²) in [6.45, 7) is 1.21. The molecule has 6 nitrogen and oxygen atoms in total. The average molecular weight is 425 g/mol. The third-order valence-electron chi connectivity index (χ3n) is 5.55. The lowest BCUT2D eigenvalue weighted by molar-refractivity contribution is -0.135. The van der Waals surface area contributed by atoms with Crippen molar-refractivity contribution in [2.24, 2.45) is 0 Å². The molecular formula is C23H24N2O4S. The molecule has 2 saturated heterocycles. The molecule has 0 radical (unpaired) electrons. The molecule has 2 aliphatic rings. The van der Waals surface area contributed by atoms with Gasteiger partial charge < -0.3 is 9.64 Å². The first kappa shape index (κ1) is 20.5. The summed E-state index contributed by atoms with van der Waals surface area (Å²) in [4.78, 5) is 41.2. The molecule has 4 rings (SSSR count). The molecule has 0 unspecified atom stereocenters. The molecule has 156 valence electrons. The number of carbonyl (C=O) groups is 3. The molecular weight excluding hydrogens is 400 g/mol. The van der Waals surface area contributed by atoms with Gasteiger partial charge in [-0.1, -0.05) is 43.2 Å². The van der Waals surface area contributed by atoms with Crippen molar-refractivity contribution in [2.45, 2.75) is 25.7 Å². The van der Waals surface area contributed by atoms with E-state index < -0.39 is 11.1 Å². The maximum Gasteiger partial charge on any atom is 0.294 e. The van der Waals surface area contributed by atoms with E-state index in [0.29, 0.717) is 18.0 Å². The minimum atomic E-state index is -0.409. The fourth-order valence-electron chi connectivity index (χ4n) is 3.93. The van der Waals surface area contributed by atoms with Crippen molar-refractivity contribution in [2.75, 3.05) is 26.7 Å². The van der Waals surface area contributed by atoms with Crippen molar-refractivity contribution in [3.05, 3.63) is 46.9 Å². The maximum absolute atomic E-state index is 12.9. The summed E-state index contributed by atoms with van der Waals surface area (Å²) >= 11 is 0.884. The molecule has 2 aliphatic heterocycles. The highest BCUT2D eigenvalue weighted by Gasteiger charge is 2.37. The van der Waals surface area contributed by atoms with Crippen LogP contribution in [0.4, 0.5) is 4.79 Å². The summed E-state index contributed by atoms with van der Waals surface area (Å²) in [6, 6.07) is 11.5. The number of likely N-dealkylation sites (tertiary alicyclic amines) is 1. The van der Waals surface area contributed by atoms with Gasteiger partial charge in [0.1, 0.15) is 12.3 Å². The molecule has 2 aromatic carbocycles. The number of amides is 3. The zero-order valence-electron chi connectivity index (χ0n) is 16.9. The summed E-state index contributed by atoms with van der Waals surface area (Å²) in [5.41, 5.74) is 0.829. The number of rotatable bonds is 4. The number of imide groups is 1. The van der Waals surface area contributed by atoms with Gasteiger partial charge in [-0.05, 0) is 47.7 Å². The second kappa shape index (κ2) is 8.92. The van der Waals surface area contributed by atoms with E-state index in [4.69, 9.17) is 4.74 Å². The Labute approximate surface area is 179 Å². The molecule has 3 amide bonds.